The Morgan fingerprint density at radius 2 is 2.20 bits per heavy atom. The molecule has 0 fully saturated rings. The van der Waals surface area contributed by atoms with Crippen LogP contribution in [0.3, 0.4) is 0 Å². The van der Waals surface area contributed by atoms with Crippen LogP contribution < -0.4 is 5.32 Å². The number of rotatable bonds is 4. The van der Waals surface area contributed by atoms with Crippen LogP contribution in [0.25, 0.3) is 11.0 Å². The molecule has 2 N–H and O–H groups in total. The third kappa shape index (κ3) is 2.68. The molecule has 0 amide bonds. The van der Waals surface area contributed by atoms with Crippen molar-refractivity contribution >= 4 is 40.3 Å². The molecule has 3 rings (SSSR count). The summed E-state index contributed by atoms with van der Waals surface area (Å²) in [6.07, 6.45) is 3.33. The van der Waals surface area contributed by atoms with Crippen LogP contribution in [-0.4, -0.2) is 31.7 Å². The average molecular weight is 307 g/mol. The summed E-state index contributed by atoms with van der Waals surface area (Å²) in [5.74, 6) is 0.570. The maximum absolute atomic E-state index is 5.84. The highest BCUT2D eigenvalue weighted by Crippen LogP contribution is 2.30. The van der Waals surface area contributed by atoms with Gasteiger partial charge in [-0.25, -0.2) is 9.97 Å². The first-order chi connectivity index (χ1) is 9.76. The molecule has 0 unspecified atom stereocenters. The maximum atomic E-state index is 5.84. The number of nitrogens with one attached hydrogen (secondary N) is 2. The first kappa shape index (κ1) is 13.1. The summed E-state index contributed by atoms with van der Waals surface area (Å²) in [6, 6.07) is 3.66. The Bertz CT molecular complexity index is 726. The van der Waals surface area contributed by atoms with E-state index >= 15 is 0 Å². The van der Waals surface area contributed by atoms with E-state index in [9.17, 15) is 0 Å². The number of halogens is 1. The molecule has 0 spiro atoms. The van der Waals surface area contributed by atoms with Crippen molar-refractivity contribution in [2.24, 2.45) is 0 Å². The Hall–Kier alpha value is -1.86. The van der Waals surface area contributed by atoms with E-state index in [-0.39, 0.29) is 0 Å². The van der Waals surface area contributed by atoms with Gasteiger partial charge < -0.3 is 5.32 Å². The van der Waals surface area contributed by atoms with Gasteiger partial charge in [0.05, 0.1) is 16.6 Å². The lowest BCUT2D eigenvalue weighted by atomic mass is 10.4. The minimum atomic E-state index is 0.570. The minimum Gasteiger partial charge on any atom is -0.354 e. The molecule has 0 saturated carbocycles. The summed E-state index contributed by atoms with van der Waals surface area (Å²) in [5, 5.41) is 13.1. The molecule has 0 aliphatic heterocycles. The third-order valence-corrected chi connectivity index (χ3v) is 3.69. The lowest BCUT2D eigenvalue weighted by molar-refractivity contribution is 1.03. The van der Waals surface area contributed by atoms with Gasteiger partial charge in [-0.3, -0.25) is 5.10 Å². The molecule has 0 aromatic carbocycles. The second-order valence-electron chi connectivity index (χ2n) is 3.93. The van der Waals surface area contributed by atoms with Gasteiger partial charge in [0.15, 0.2) is 5.65 Å². The molecule has 3 aromatic heterocycles. The number of hydrogen-bond donors (Lipinski definition) is 2. The first-order valence-electron chi connectivity index (χ1n) is 6.00. The van der Waals surface area contributed by atoms with Crippen LogP contribution in [0.1, 0.15) is 6.92 Å². The molecule has 6 nitrogen and oxygen atoms in total. The standard InChI is InChI=1S/C12H11ClN6S/c1-2-14-12-17-10-8(6-16-19-10)11(18-12)20-9-4-3-7(13)5-15-9/h3-6H,2H2,1H3,(H2,14,16,17,18,19). The van der Waals surface area contributed by atoms with E-state index in [1.807, 2.05) is 13.0 Å². The topological polar surface area (TPSA) is 79.4 Å². The van der Waals surface area contributed by atoms with E-state index < -0.39 is 0 Å². The van der Waals surface area contributed by atoms with Crippen LogP contribution in [0.5, 0.6) is 0 Å². The number of H-pyrrole nitrogens is 1. The molecule has 8 heteroatoms. The molecule has 0 atom stereocenters. The normalized spacial score (nSPS) is 10.9. The van der Waals surface area contributed by atoms with Gasteiger partial charge in [0.25, 0.3) is 0 Å². The monoisotopic (exact) mass is 306 g/mol. The lowest BCUT2D eigenvalue weighted by Gasteiger charge is -2.05. The van der Waals surface area contributed by atoms with Crippen LogP contribution >= 0.6 is 23.4 Å². The predicted octanol–water partition coefficient (Wildman–Crippen LogP) is 2.98. The van der Waals surface area contributed by atoms with Gasteiger partial charge in [-0.1, -0.05) is 11.6 Å². The number of fused-ring (bicyclic) bond motifs is 1. The summed E-state index contributed by atoms with van der Waals surface area (Å²) in [6.45, 7) is 2.75. The van der Waals surface area contributed by atoms with Gasteiger partial charge in [-0.15, -0.1) is 0 Å². The van der Waals surface area contributed by atoms with Crippen molar-refractivity contribution in [3.63, 3.8) is 0 Å². The maximum Gasteiger partial charge on any atom is 0.225 e. The van der Waals surface area contributed by atoms with Crippen molar-refractivity contribution in [3.05, 3.63) is 29.5 Å². The van der Waals surface area contributed by atoms with Gasteiger partial charge in [0, 0.05) is 12.7 Å². The predicted molar refractivity (Wildman–Crippen MR) is 79.2 cm³/mol. The minimum absolute atomic E-state index is 0.570. The summed E-state index contributed by atoms with van der Waals surface area (Å²) in [4.78, 5) is 13.1. The number of hydrogen-bond acceptors (Lipinski definition) is 6. The van der Waals surface area contributed by atoms with E-state index in [0.717, 1.165) is 22.0 Å². The zero-order chi connectivity index (χ0) is 13.9. The smallest absolute Gasteiger partial charge is 0.225 e. The van der Waals surface area contributed by atoms with Crippen LogP contribution in [0.4, 0.5) is 5.95 Å². The van der Waals surface area contributed by atoms with E-state index in [2.05, 4.69) is 30.5 Å². The summed E-state index contributed by atoms with van der Waals surface area (Å²) in [7, 11) is 0. The van der Waals surface area contributed by atoms with Crippen molar-refractivity contribution in [1.82, 2.24) is 25.1 Å². The van der Waals surface area contributed by atoms with Crippen molar-refractivity contribution in [3.8, 4) is 0 Å². The highest BCUT2D eigenvalue weighted by Gasteiger charge is 2.11. The van der Waals surface area contributed by atoms with Crippen LogP contribution in [-0.2, 0) is 0 Å². The summed E-state index contributed by atoms with van der Waals surface area (Å²) < 4.78 is 0. The number of nitrogens with zero attached hydrogens (tertiary/aromatic N) is 4. The second kappa shape index (κ2) is 5.64. The fourth-order valence-electron chi connectivity index (χ4n) is 1.65. The fourth-order valence-corrected chi connectivity index (χ4v) is 2.59. The molecule has 3 aromatic rings. The zero-order valence-electron chi connectivity index (χ0n) is 10.6. The number of pyridine rings is 1. The average Bonchev–Trinajstić information content (AvgIpc) is 2.90. The van der Waals surface area contributed by atoms with Gasteiger partial charge in [-0.05, 0) is 30.8 Å². The van der Waals surface area contributed by atoms with Crippen LogP contribution in [0.2, 0.25) is 5.02 Å². The Morgan fingerprint density at radius 1 is 1.30 bits per heavy atom. The number of anilines is 1. The van der Waals surface area contributed by atoms with Crippen molar-refractivity contribution in [2.45, 2.75) is 17.0 Å². The lowest BCUT2D eigenvalue weighted by Crippen LogP contribution is -2.03. The van der Waals surface area contributed by atoms with E-state index in [4.69, 9.17) is 11.6 Å². The van der Waals surface area contributed by atoms with Crippen molar-refractivity contribution < 1.29 is 0 Å². The van der Waals surface area contributed by atoms with Crippen LogP contribution in [0, 0.1) is 0 Å². The van der Waals surface area contributed by atoms with E-state index in [0.29, 0.717) is 16.6 Å². The SMILES string of the molecule is CCNc1nc(Sc2ccc(Cl)cn2)c2cn[nH]c2n1. The number of aromatic amines is 1. The largest absolute Gasteiger partial charge is 0.354 e. The van der Waals surface area contributed by atoms with Gasteiger partial charge >= 0.3 is 0 Å². The van der Waals surface area contributed by atoms with E-state index in [1.165, 1.54) is 11.8 Å². The van der Waals surface area contributed by atoms with Gasteiger partial charge in [0.2, 0.25) is 5.95 Å². The Morgan fingerprint density at radius 3 is 2.95 bits per heavy atom. The Balaban J connectivity index is 2.00. The highest BCUT2D eigenvalue weighted by molar-refractivity contribution is 7.99. The molecule has 0 saturated heterocycles. The Kier molecular flexibility index (Phi) is 3.70. The van der Waals surface area contributed by atoms with E-state index in [1.54, 1.807) is 18.5 Å². The van der Waals surface area contributed by atoms with Crippen molar-refractivity contribution in [1.29, 1.82) is 0 Å². The molecule has 0 aliphatic carbocycles. The summed E-state index contributed by atoms with van der Waals surface area (Å²) in [5.41, 5.74) is 0.701. The Labute approximate surface area is 124 Å². The molecular weight excluding hydrogens is 296 g/mol. The molecule has 102 valence electrons. The third-order valence-electron chi connectivity index (χ3n) is 2.51. The van der Waals surface area contributed by atoms with Gasteiger partial charge in [0.1, 0.15) is 10.1 Å². The molecule has 3 heterocycles. The quantitative estimate of drug-likeness (QED) is 0.721. The van der Waals surface area contributed by atoms with Crippen LogP contribution in [0.15, 0.2) is 34.6 Å². The fraction of sp³-hybridized carbons (Fsp3) is 0.167. The molecule has 0 radical (unpaired) electrons. The molecule has 20 heavy (non-hydrogen) atoms. The highest BCUT2D eigenvalue weighted by atomic mass is 35.5. The summed E-state index contributed by atoms with van der Waals surface area (Å²) >= 11 is 7.29. The zero-order valence-corrected chi connectivity index (χ0v) is 12.2. The number of aromatic nitrogens is 5. The van der Waals surface area contributed by atoms with Crippen molar-refractivity contribution in [2.75, 3.05) is 11.9 Å². The first-order valence-corrected chi connectivity index (χ1v) is 7.20. The second-order valence-corrected chi connectivity index (χ2v) is 5.38. The molecule has 0 aliphatic rings. The molecular formula is C12H11ClN6S. The molecule has 0 bridgehead atoms. The van der Waals surface area contributed by atoms with Gasteiger partial charge in [-0.2, -0.15) is 10.1 Å².